The molecule has 0 heterocycles. The first kappa shape index (κ1) is 12.9. The second-order valence-corrected chi connectivity index (χ2v) is 3.56. The Morgan fingerprint density at radius 2 is 1.23 bits per heavy atom. The summed E-state index contributed by atoms with van der Waals surface area (Å²) in [6, 6.07) is 0. The maximum atomic E-state index is 11.6. The molecule has 0 atom stereocenters. The predicted molar refractivity (Wildman–Crippen MR) is 52.7 cm³/mol. The average Bonchev–Trinajstić information content (AvgIpc) is 2.09. The van der Waals surface area contributed by atoms with Crippen molar-refractivity contribution in [2.75, 3.05) is 0 Å². The Morgan fingerprint density at radius 1 is 0.769 bits per heavy atom. The lowest BCUT2D eigenvalue weighted by atomic mass is 10.1. The molecule has 0 fully saturated rings. The number of rotatable bonds is 9. The van der Waals surface area contributed by atoms with Gasteiger partial charge in [-0.15, -0.1) is 0 Å². The average molecular weight is 191 g/mol. The highest BCUT2D eigenvalue weighted by Crippen LogP contribution is 2.15. The first-order valence-corrected chi connectivity index (χ1v) is 5.44. The number of unbranched alkanes of at least 4 members (excludes halogenated alkanes) is 7. The summed E-state index contributed by atoms with van der Waals surface area (Å²) in [6.07, 6.45) is 7.72. The molecule has 0 saturated heterocycles. The van der Waals surface area contributed by atoms with E-state index in [-0.39, 0.29) is 6.42 Å². The van der Waals surface area contributed by atoms with E-state index in [0.29, 0.717) is 6.42 Å². The van der Waals surface area contributed by atoms with E-state index in [2.05, 4.69) is 6.92 Å². The third-order valence-electron chi connectivity index (χ3n) is 2.22. The predicted octanol–water partition coefficient (Wildman–Crippen LogP) is 4.95. The third kappa shape index (κ3) is 11.9. The van der Waals surface area contributed by atoms with Crippen molar-refractivity contribution in [1.82, 2.24) is 0 Å². The Balaban J connectivity index is 2.84. The van der Waals surface area contributed by atoms with Crippen LogP contribution in [0.4, 0.5) is 8.78 Å². The van der Waals surface area contributed by atoms with Gasteiger partial charge < -0.3 is 0 Å². The van der Waals surface area contributed by atoms with Gasteiger partial charge in [-0.1, -0.05) is 51.9 Å². The van der Waals surface area contributed by atoms with Gasteiger partial charge in [-0.2, -0.15) is 8.78 Å². The van der Waals surface area contributed by atoms with Crippen LogP contribution >= 0.6 is 0 Å². The Bertz CT molecular complexity index is 92.1. The van der Waals surface area contributed by atoms with E-state index < -0.39 is 6.43 Å². The molecule has 0 N–H and O–H groups in total. The van der Waals surface area contributed by atoms with Gasteiger partial charge in [0.15, 0.2) is 0 Å². The summed E-state index contributed by atoms with van der Waals surface area (Å²) >= 11 is 0. The lowest BCUT2D eigenvalue weighted by Gasteiger charge is -2.00. The number of hydrogen-bond donors (Lipinski definition) is 0. The van der Waals surface area contributed by atoms with Crippen molar-refractivity contribution in [3.8, 4) is 0 Å². The van der Waals surface area contributed by atoms with E-state index in [0.717, 1.165) is 12.8 Å². The van der Waals surface area contributed by atoms with Crippen molar-refractivity contribution in [2.24, 2.45) is 0 Å². The van der Waals surface area contributed by atoms with Gasteiger partial charge >= 0.3 is 6.43 Å². The van der Waals surface area contributed by atoms with Crippen LogP contribution in [0.1, 0.15) is 64.7 Å². The molecule has 0 unspecified atom stereocenters. The Labute approximate surface area is 80.7 Å². The molecular formula is C11H21F2. The van der Waals surface area contributed by atoms with E-state index in [1.807, 2.05) is 0 Å². The molecule has 0 aromatic heterocycles. The molecule has 13 heavy (non-hydrogen) atoms. The van der Waals surface area contributed by atoms with Gasteiger partial charge in [-0.3, -0.25) is 0 Å². The fourth-order valence-electron chi connectivity index (χ4n) is 1.39. The largest absolute Gasteiger partial charge is 0.310 e. The van der Waals surface area contributed by atoms with Crippen LogP contribution in [0.2, 0.25) is 0 Å². The SMILES string of the molecule is CCCCCCCCCC[C](F)F. The molecule has 0 aliphatic heterocycles. The summed E-state index contributed by atoms with van der Waals surface area (Å²) in [4.78, 5) is 0. The van der Waals surface area contributed by atoms with Crippen molar-refractivity contribution in [2.45, 2.75) is 64.7 Å². The van der Waals surface area contributed by atoms with E-state index in [1.54, 1.807) is 0 Å². The molecule has 0 aliphatic rings. The second kappa shape index (κ2) is 9.94. The van der Waals surface area contributed by atoms with Crippen molar-refractivity contribution < 1.29 is 8.78 Å². The van der Waals surface area contributed by atoms with Crippen molar-refractivity contribution in [3.63, 3.8) is 0 Å². The molecule has 2 heteroatoms. The van der Waals surface area contributed by atoms with E-state index in [9.17, 15) is 8.78 Å². The summed E-state index contributed by atoms with van der Waals surface area (Å²) in [6.45, 7) is 2.19. The fourth-order valence-corrected chi connectivity index (χ4v) is 1.39. The van der Waals surface area contributed by atoms with E-state index in [4.69, 9.17) is 0 Å². The standard InChI is InChI=1S/C11H21F2/c1-2-3-4-5-6-7-8-9-10-11(12)13/h2-10H2,1H3. The first-order chi connectivity index (χ1) is 6.27. The van der Waals surface area contributed by atoms with E-state index >= 15 is 0 Å². The van der Waals surface area contributed by atoms with Crippen molar-refractivity contribution >= 4 is 0 Å². The smallest absolute Gasteiger partial charge is 0.200 e. The molecule has 0 aromatic rings. The highest BCUT2D eigenvalue weighted by atomic mass is 19.3. The molecule has 0 aromatic carbocycles. The van der Waals surface area contributed by atoms with Crippen LogP contribution in [0.25, 0.3) is 0 Å². The van der Waals surface area contributed by atoms with Gasteiger partial charge in [-0.05, 0) is 6.42 Å². The van der Waals surface area contributed by atoms with Crippen LogP contribution in [0.5, 0.6) is 0 Å². The summed E-state index contributed by atoms with van der Waals surface area (Å²) in [5.74, 6) is 0. The number of hydrogen-bond acceptors (Lipinski definition) is 0. The zero-order chi connectivity index (χ0) is 9.94. The van der Waals surface area contributed by atoms with Gasteiger partial charge in [0.2, 0.25) is 0 Å². The molecule has 79 valence electrons. The van der Waals surface area contributed by atoms with Crippen LogP contribution in [0, 0.1) is 6.43 Å². The molecule has 0 amide bonds. The van der Waals surface area contributed by atoms with Crippen LogP contribution < -0.4 is 0 Å². The lowest BCUT2D eigenvalue weighted by Crippen LogP contribution is -1.83. The molecule has 0 aliphatic carbocycles. The minimum absolute atomic E-state index is 0.00889. The van der Waals surface area contributed by atoms with Gasteiger partial charge in [0.1, 0.15) is 0 Å². The fraction of sp³-hybridized carbons (Fsp3) is 0.909. The van der Waals surface area contributed by atoms with Crippen LogP contribution in [0.3, 0.4) is 0 Å². The topological polar surface area (TPSA) is 0 Å². The molecule has 0 saturated carbocycles. The van der Waals surface area contributed by atoms with Gasteiger partial charge in [0.25, 0.3) is 0 Å². The molecule has 0 nitrogen and oxygen atoms in total. The van der Waals surface area contributed by atoms with Gasteiger partial charge in [-0.25, -0.2) is 0 Å². The second-order valence-electron chi connectivity index (χ2n) is 3.56. The van der Waals surface area contributed by atoms with Gasteiger partial charge in [0, 0.05) is 6.42 Å². The van der Waals surface area contributed by atoms with Gasteiger partial charge in [0.05, 0.1) is 0 Å². The maximum absolute atomic E-state index is 11.6. The summed E-state index contributed by atoms with van der Waals surface area (Å²) in [5, 5.41) is 0. The summed E-state index contributed by atoms with van der Waals surface area (Å²) < 4.78 is 23.3. The van der Waals surface area contributed by atoms with Crippen LogP contribution in [-0.2, 0) is 0 Å². The molecule has 1 radical (unpaired) electrons. The Kier molecular flexibility index (Phi) is 9.84. The minimum atomic E-state index is -1.41. The van der Waals surface area contributed by atoms with Crippen LogP contribution in [-0.4, -0.2) is 0 Å². The first-order valence-electron chi connectivity index (χ1n) is 5.44. The highest BCUT2D eigenvalue weighted by Gasteiger charge is 2.02. The van der Waals surface area contributed by atoms with Crippen molar-refractivity contribution in [1.29, 1.82) is 0 Å². The number of halogens is 2. The normalized spacial score (nSPS) is 11.1. The lowest BCUT2D eigenvalue weighted by molar-refractivity contribution is 0.264. The Hall–Kier alpha value is -0.140. The quantitative estimate of drug-likeness (QED) is 0.452. The molecule has 0 rings (SSSR count). The third-order valence-corrected chi connectivity index (χ3v) is 2.22. The monoisotopic (exact) mass is 191 g/mol. The summed E-state index contributed by atoms with van der Waals surface area (Å²) in [7, 11) is 0. The van der Waals surface area contributed by atoms with E-state index in [1.165, 1.54) is 32.1 Å². The zero-order valence-corrected chi connectivity index (χ0v) is 8.62. The molecular weight excluding hydrogens is 170 g/mol. The van der Waals surface area contributed by atoms with Crippen LogP contribution in [0.15, 0.2) is 0 Å². The molecule has 0 bridgehead atoms. The minimum Gasteiger partial charge on any atom is -0.200 e. The zero-order valence-electron chi connectivity index (χ0n) is 8.62. The maximum Gasteiger partial charge on any atom is 0.310 e. The van der Waals surface area contributed by atoms with Crippen molar-refractivity contribution in [3.05, 3.63) is 6.43 Å². The Morgan fingerprint density at radius 3 is 1.69 bits per heavy atom. The highest BCUT2D eigenvalue weighted by molar-refractivity contribution is 4.58. The summed E-state index contributed by atoms with van der Waals surface area (Å²) in [5.41, 5.74) is 0. The molecule has 0 spiro atoms.